The van der Waals surface area contributed by atoms with Crippen LogP contribution in [0.25, 0.3) is 16.2 Å². The fourth-order valence-corrected chi connectivity index (χ4v) is 3.18. The molecule has 0 saturated heterocycles. The molecule has 2 aromatic carbocycles. The first kappa shape index (κ1) is 28.6. The minimum atomic E-state index is -5.21. The Morgan fingerprint density at radius 2 is 1.37 bits per heavy atom. The number of hydrogen-bond acceptors (Lipinski definition) is 4. The zero-order valence-electron chi connectivity index (χ0n) is 18.1. The number of alkyl halides is 12. The zero-order chi connectivity index (χ0) is 28.7. The second kappa shape index (κ2) is 9.72. The van der Waals surface area contributed by atoms with Crippen LogP contribution in [0.3, 0.4) is 0 Å². The van der Waals surface area contributed by atoms with Crippen LogP contribution in [0.5, 0.6) is 0 Å². The Hall–Kier alpha value is -3.97. The maximum absolute atomic E-state index is 13.3. The van der Waals surface area contributed by atoms with Crippen LogP contribution in [-0.2, 0) is 25.1 Å². The summed E-state index contributed by atoms with van der Waals surface area (Å²) >= 11 is 0. The second-order valence-corrected chi connectivity index (χ2v) is 7.59. The largest absolute Gasteiger partial charge is 0.416 e. The number of aromatic nitrogens is 2. The van der Waals surface area contributed by atoms with E-state index in [9.17, 15) is 52.7 Å². The van der Waals surface area contributed by atoms with Gasteiger partial charge in [-0.05, 0) is 30.3 Å². The molecule has 0 spiro atoms. The SMILES string of the molecule is [C-]#[N+]c1ccc(N(Cc2nc(-c3cc(C(F)(F)F)cc(C(F)(F)F)c3)no2)CC(F)(F)F)cc1C(F)(F)F. The molecule has 38 heavy (non-hydrogen) atoms. The lowest BCUT2D eigenvalue weighted by Crippen LogP contribution is -2.34. The minimum Gasteiger partial charge on any atom is -0.353 e. The van der Waals surface area contributed by atoms with Gasteiger partial charge in [-0.25, -0.2) is 4.85 Å². The molecule has 3 rings (SSSR count). The van der Waals surface area contributed by atoms with E-state index >= 15 is 0 Å². The predicted molar refractivity (Wildman–Crippen MR) is 105 cm³/mol. The predicted octanol–water partition coefficient (Wildman–Crippen LogP) is 7.91. The van der Waals surface area contributed by atoms with Crippen LogP contribution in [-0.4, -0.2) is 22.9 Å². The summed E-state index contributed by atoms with van der Waals surface area (Å²) < 4.78 is 163. The molecule has 0 N–H and O–H groups in total. The minimum absolute atomic E-state index is 0.166. The van der Waals surface area contributed by atoms with E-state index in [-0.39, 0.29) is 24.3 Å². The van der Waals surface area contributed by atoms with Gasteiger partial charge in [-0.2, -0.15) is 57.7 Å². The number of hydrogen-bond donors (Lipinski definition) is 0. The number of anilines is 1. The van der Waals surface area contributed by atoms with Gasteiger partial charge in [-0.1, -0.05) is 11.2 Å². The third-order valence-electron chi connectivity index (χ3n) is 4.78. The van der Waals surface area contributed by atoms with Crippen molar-refractivity contribution in [2.24, 2.45) is 0 Å². The molecular weight excluding hydrogens is 552 g/mol. The molecule has 0 atom stereocenters. The number of benzene rings is 2. The molecule has 0 aliphatic heterocycles. The Morgan fingerprint density at radius 1 is 0.789 bits per heavy atom. The normalized spacial score (nSPS) is 12.9. The van der Waals surface area contributed by atoms with E-state index < -0.39 is 83.1 Å². The van der Waals surface area contributed by atoms with Gasteiger partial charge in [-0.3, -0.25) is 0 Å². The second-order valence-electron chi connectivity index (χ2n) is 7.59. The molecule has 3 aromatic rings. The Bertz CT molecular complexity index is 1310. The van der Waals surface area contributed by atoms with Gasteiger partial charge < -0.3 is 9.42 Å². The molecule has 1 heterocycles. The molecule has 204 valence electrons. The molecular formula is C21H10F12N4O. The van der Waals surface area contributed by atoms with Crippen molar-refractivity contribution in [3.05, 3.63) is 70.4 Å². The quantitative estimate of drug-likeness (QED) is 0.234. The van der Waals surface area contributed by atoms with Crippen molar-refractivity contribution in [2.45, 2.75) is 31.2 Å². The highest BCUT2D eigenvalue weighted by molar-refractivity contribution is 5.63. The third kappa shape index (κ3) is 6.86. The standard InChI is InChI=1S/C21H10F12N4O/c1-34-15-3-2-13(7-14(15)21(31,32)33)37(9-18(22,23)24)8-16-35-17(36-38-16)10-4-11(19(25,26)27)6-12(5-10)20(28,29)30/h2-7H,8-9H2. The summed E-state index contributed by atoms with van der Waals surface area (Å²) in [5.74, 6) is -1.61. The van der Waals surface area contributed by atoms with Gasteiger partial charge in [0.25, 0.3) is 0 Å². The first-order chi connectivity index (χ1) is 17.3. The lowest BCUT2D eigenvalue weighted by Gasteiger charge is -2.25. The molecule has 1 aromatic heterocycles. The average molecular weight is 562 g/mol. The van der Waals surface area contributed by atoms with Gasteiger partial charge in [0, 0.05) is 11.3 Å². The van der Waals surface area contributed by atoms with Crippen LogP contribution in [0.15, 0.2) is 40.9 Å². The van der Waals surface area contributed by atoms with Gasteiger partial charge >= 0.3 is 24.7 Å². The first-order valence-corrected chi connectivity index (χ1v) is 9.81. The molecule has 0 fully saturated rings. The zero-order valence-corrected chi connectivity index (χ0v) is 18.1. The van der Waals surface area contributed by atoms with Crippen molar-refractivity contribution in [2.75, 3.05) is 11.4 Å². The highest BCUT2D eigenvalue weighted by Crippen LogP contribution is 2.40. The molecule has 17 heteroatoms. The van der Waals surface area contributed by atoms with Crippen molar-refractivity contribution < 1.29 is 57.2 Å². The van der Waals surface area contributed by atoms with Crippen LogP contribution in [0.4, 0.5) is 64.1 Å². The number of nitrogens with zero attached hydrogens (tertiary/aromatic N) is 4. The maximum atomic E-state index is 13.3. The van der Waals surface area contributed by atoms with E-state index in [1.807, 2.05) is 0 Å². The van der Waals surface area contributed by atoms with E-state index in [2.05, 4.69) is 19.5 Å². The van der Waals surface area contributed by atoms with E-state index in [1.165, 1.54) is 0 Å². The Balaban J connectivity index is 2.03. The van der Waals surface area contributed by atoms with Crippen LogP contribution in [0, 0.1) is 6.57 Å². The summed E-state index contributed by atoms with van der Waals surface area (Å²) in [5.41, 5.74) is -7.37. The summed E-state index contributed by atoms with van der Waals surface area (Å²) in [6.07, 6.45) is -20.5. The van der Waals surface area contributed by atoms with Crippen LogP contribution < -0.4 is 4.90 Å². The monoisotopic (exact) mass is 562 g/mol. The molecule has 0 aliphatic rings. The summed E-state index contributed by atoms with van der Waals surface area (Å²) in [7, 11) is 0. The molecule has 0 bridgehead atoms. The van der Waals surface area contributed by atoms with E-state index in [1.54, 1.807) is 0 Å². The highest BCUT2D eigenvalue weighted by atomic mass is 19.4. The van der Waals surface area contributed by atoms with E-state index in [4.69, 9.17) is 6.57 Å². The number of rotatable bonds is 5. The lowest BCUT2D eigenvalue weighted by molar-refractivity contribution is -0.143. The Labute approximate surface area is 204 Å². The first-order valence-electron chi connectivity index (χ1n) is 9.81. The molecule has 0 aliphatic carbocycles. The molecule has 5 nitrogen and oxygen atoms in total. The van der Waals surface area contributed by atoms with Crippen molar-refractivity contribution in [3.63, 3.8) is 0 Å². The average Bonchev–Trinajstić information content (AvgIpc) is 3.24. The van der Waals surface area contributed by atoms with Gasteiger partial charge in [0.15, 0.2) is 5.69 Å². The molecule has 0 saturated carbocycles. The molecule has 0 amide bonds. The van der Waals surface area contributed by atoms with Crippen molar-refractivity contribution >= 4 is 11.4 Å². The van der Waals surface area contributed by atoms with Gasteiger partial charge in [0.05, 0.1) is 29.8 Å². The van der Waals surface area contributed by atoms with Crippen molar-refractivity contribution in [3.8, 4) is 11.4 Å². The van der Waals surface area contributed by atoms with Gasteiger partial charge in [-0.15, -0.1) is 0 Å². The van der Waals surface area contributed by atoms with Gasteiger partial charge in [0.1, 0.15) is 6.54 Å². The lowest BCUT2D eigenvalue weighted by atomic mass is 10.0. The summed E-state index contributed by atoms with van der Waals surface area (Å²) in [6.45, 7) is 3.92. The van der Waals surface area contributed by atoms with Crippen LogP contribution in [0.1, 0.15) is 22.6 Å². The van der Waals surface area contributed by atoms with E-state index in [0.29, 0.717) is 11.0 Å². The summed E-state index contributed by atoms with van der Waals surface area (Å²) in [5, 5.41) is 3.21. The maximum Gasteiger partial charge on any atom is 0.416 e. The van der Waals surface area contributed by atoms with Crippen molar-refractivity contribution in [1.29, 1.82) is 0 Å². The summed E-state index contributed by atoms with van der Waals surface area (Å²) in [6, 6.07) is 2.05. The van der Waals surface area contributed by atoms with Crippen molar-refractivity contribution in [1.82, 2.24) is 10.1 Å². The van der Waals surface area contributed by atoms with E-state index in [0.717, 1.165) is 6.07 Å². The summed E-state index contributed by atoms with van der Waals surface area (Å²) in [4.78, 5) is 6.50. The smallest absolute Gasteiger partial charge is 0.353 e. The molecule has 0 unspecified atom stereocenters. The van der Waals surface area contributed by atoms with Crippen LogP contribution >= 0.6 is 0 Å². The Kier molecular flexibility index (Phi) is 7.32. The number of halogens is 12. The fourth-order valence-electron chi connectivity index (χ4n) is 3.18. The van der Waals surface area contributed by atoms with Crippen LogP contribution in [0.2, 0.25) is 0 Å². The Morgan fingerprint density at radius 3 is 1.84 bits per heavy atom. The molecule has 0 radical (unpaired) electrons. The topological polar surface area (TPSA) is 46.5 Å². The highest BCUT2D eigenvalue weighted by Gasteiger charge is 2.38. The fraction of sp³-hybridized carbons (Fsp3) is 0.286. The third-order valence-corrected chi connectivity index (χ3v) is 4.78. The van der Waals surface area contributed by atoms with Gasteiger partial charge in [0.2, 0.25) is 11.7 Å².